The summed E-state index contributed by atoms with van der Waals surface area (Å²) in [6, 6.07) is 52.2. The minimum Gasteiger partial charge on any atom is -0.479 e. The van der Waals surface area contributed by atoms with Gasteiger partial charge in [0.25, 0.3) is 0 Å². The van der Waals surface area contributed by atoms with Gasteiger partial charge in [-0.1, -0.05) is 226 Å². The molecule has 5 aromatic carbocycles. The zero-order chi connectivity index (χ0) is 60.9. The van der Waals surface area contributed by atoms with E-state index in [1.165, 1.54) is 67.3 Å². The standard InChI is InChI=1S/2C27H37N2.C12H8N3.C10H8N2.2Cu/c2*1-18(2)22-11-9-12-23(19(3)4)26(22)28-15-16-29(17-28)27-24(20(5)6)13-10-14-25(27)21(7)8;1-2-6-10-9(5-1)14-12(15-10)11-7-3-4-8-13-11;1-3-7-11-9(5-1)10-6-2-4-8-12-10;;/h2*9-21H,1-8H3;1-8H;1-8H;;/q3*-1;;+1;+2. The zero-order valence-electron chi connectivity index (χ0n) is 53.9. The number of aromatic nitrogens is 5. The molecule has 4 aromatic heterocycles. The summed E-state index contributed by atoms with van der Waals surface area (Å²) in [5.74, 6) is 4.53. The second-order valence-electron chi connectivity index (χ2n) is 24.5. The molecule has 461 valence electrons. The van der Waals surface area contributed by atoms with Crippen LogP contribution in [0.3, 0.4) is 0 Å². The van der Waals surface area contributed by atoms with Gasteiger partial charge in [0.15, 0.2) is 0 Å². The van der Waals surface area contributed by atoms with Crippen molar-refractivity contribution in [2.24, 2.45) is 0 Å². The van der Waals surface area contributed by atoms with E-state index in [1.807, 2.05) is 78.9 Å². The predicted octanol–water partition coefficient (Wildman–Crippen LogP) is 20.6. The van der Waals surface area contributed by atoms with Crippen molar-refractivity contribution >= 4 is 33.8 Å². The number of benzene rings is 5. The number of imidazole rings is 1. The van der Waals surface area contributed by atoms with E-state index in [9.17, 15) is 0 Å². The molecule has 1 radical (unpaired) electrons. The molecule has 11 rings (SSSR count). The molecule has 0 atom stereocenters. The molecule has 0 bridgehead atoms. The van der Waals surface area contributed by atoms with Crippen LogP contribution in [0, 0.1) is 13.3 Å². The number of hydrogen-bond donors (Lipinski definition) is 0. The fourth-order valence-electron chi connectivity index (χ4n) is 11.0. The maximum Gasteiger partial charge on any atom is 2.00 e. The first-order valence-corrected chi connectivity index (χ1v) is 30.7. The van der Waals surface area contributed by atoms with Gasteiger partial charge in [-0.2, -0.15) is 0 Å². The smallest absolute Gasteiger partial charge is 0.479 e. The second kappa shape index (κ2) is 32.1. The van der Waals surface area contributed by atoms with Crippen molar-refractivity contribution in [1.82, 2.24) is 24.9 Å². The molecule has 9 nitrogen and oxygen atoms in total. The molecule has 0 saturated heterocycles. The van der Waals surface area contributed by atoms with Crippen molar-refractivity contribution in [1.29, 1.82) is 0 Å². The van der Waals surface area contributed by atoms with Crippen molar-refractivity contribution in [3.8, 4) is 22.9 Å². The van der Waals surface area contributed by atoms with Crippen LogP contribution in [0.1, 0.15) is 203 Å². The Morgan fingerprint density at radius 1 is 0.310 bits per heavy atom. The number of hydrogen-bond acceptors (Lipinski definition) is 8. The Kier molecular flexibility index (Phi) is 25.4. The first kappa shape index (κ1) is 68.8. The Labute approximate surface area is 542 Å². The summed E-state index contributed by atoms with van der Waals surface area (Å²) < 4.78 is 0. The summed E-state index contributed by atoms with van der Waals surface area (Å²) in [5, 5.41) is 0. The number of fused-ring (bicyclic) bond motifs is 1. The van der Waals surface area contributed by atoms with Crippen LogP contribution in [0.2, 0.25) is 0 Å². The zero-order valence-corrected chi connectivity index (χ0v) is 55.8. The fourth-order valence-corrected chi connectivity index (χ4v) is 11.0. The third-order valence-corrected chi connectivity index (χ3v) is 15.5. The van der Waals surface area contributed by atoms with Crippen molar-refractivity contribution in [3.63, 3.8) is 0 Å². The minimum absolute atomic E-state index is 0. The van der Waals surface area contributed by atoms with Crippen LogP contribution in [0.15, 0.2) is 195 Å². The van der Waals surface area contributed by atoms with Crippen LogP contribution in [-0.4, -0.2) is 19.9 Å². The third kappa shape index (κ3) is 16.9. The van der Waals surface area contributed by atoms with E-state index in [0.717, 1.165) is 28.1 Å². The van der Waals surface area contributed by atoms with E-state index >= 15 is 0 Å². The topological polar surface area (TPSA) is 78.6 Å². The van der Waals surface area contributed by atoms with E-state index in [1.54, 1.807) is 18.6 Å². The number of para-hydroxylation sites is 6. The molecule has 0 amide bonds. The number of nitrogens with zero attached hydrogens (tertiary/aromatic N) is 9. The van der Waals surface area contributed by atoms with Crippen LogP contribution in [0.4, 0.5) is 22.7 Å². The molecule has 0 spiro atoms. The molecule has 0 saturated carbocycles. The molecule has 0 fully saturated rings. The van der Waals surface area contributed by atoms with Gasteiger partial charge in [0.05, 0.1) is 17.1 Å². The number of anilines is 4. The normalized spacial score (nSPS) is 12.7. The number of rotatable bonds is 14. The molecule has 87 heavy (non-hydrogen) atoms. The molecule has 11 heteroatoms. The van der Waals surface area contributed by atoms with Crippen LogP contribution < -0.4 is 24.6 Å². The van der Waals surface area contributed by atoms with E-state index in [2.05, 4.69) is 266 Å². The Morgan fingerprint density at radius 3 is 0.805 bits per heavy atom. The van der Waals surface area contributed by atoms with Crippen LogP contribution >= 0.6 is 0 Å². The van der Waals surface area contributed by atoms with Gasteiger partial charge >= 0.3 is 34.1 Å². The first-order valence-electron chi connectivity index (χ1n) is 30.7. The SMILES string of the molecule is CC(C)c1cccc(C(C)C)c1N1C=CN(c2c(C(C)C)cccc2C(C)C)[CH-]1.CC(C)c1cccc(C(C)C)c1N1C=CN(c2c(C(C)C)cccc2C(C)C)[CH-]1.[Cu+2].[Cu+].c1ccc(-c2ccccn2)nc1.c1ccc(-c2nc3ccccc3[n-]2)nc1. The van der Waals surface area contributed by atoms with E-state index < -0.39 is 0 Å². The summed E-state index contributed by atoms with van der Waals surface area (Å²) in [4.78, 5) is 30.7. The molecular formula is C76H90Cu2N9. The molecule has 6 heterocycles. The van der Waals surface area contributed by atoms with E-state index in [4.69, 9.17) is 0 Å². The second-order valence-corrected chi connectivity index (χ2v) is 24.5. The van der Waals surface area contributed by atoms with Crippen LogP contribution in [0.25, 0.3) is 33.9 Å². The molecule has 2 aliphatic heterocycles. The summed E-state index contributed by atoms with van der Waals surface area (Å²) >= 11 is 0. The monoisotopic (exact) mass is 1250 g/mol. The van der Waals surface area contributed by atoms with Gasteiger partial charge in [0, 0.05) is 41.3 Å². The average Bonchev–Trinajstić information content (AvgIpc) is 2.15. The van der Waals surface area contributed by atoms with E-state index in [0.29, 0.717) is 53.2 Å². The van der Waals surface area contributed by atoms with Gasteiger partial charge in [0.2, 0.25) is 0 Å². The Balaban J connectivity index is 0.000000194. The molecule has 9 aromatic rings. The van der Waals surface area contributed by atoms with Crippen molar-refractivity contribution < 1.29 is 34.1 Å². The van der Waals surface area contributed by atoms with Crippen molar-refractivity contribution in [2.45, 2.75) is 158 Å². The van der Waals surface area contributed by atoms with Gasteiger partial charge in [0.1, 0.15) is 0 Å². The number of pyridine rings is 3. The summed E-state index contributed by atoms with van der Waals surface area (Å²) in [5.41, 5.74) is 21.0. The third-order valence-electron chi connectivity index (χ3n) is 15.5. The van der Waals surface area contributed by atoms with Gasteiger partial charge < -0.3 is 29.6 Å². The molecular weight excluding hydrogens is 1170 g/mol. The minimum atomic E-state index is 0. The molecule has 2 aliphatic rings. The van der Waals surface area contributed by atoms with Gasteiger partial charge in [-0.3, -0.25) is 15.0 Å². The molecule has 0 N–H and O–H groups in total. The summed E-state index contributed by atoms with van der Waals surface area (Å²) in [7, 11) is 0. The van der Waals surface area contributed by atoms with Crippen LogP contribution in [0.5, 0.6) is 0 Å². The summed E-state index contributed by atoms with van der Waals surface area (Å²) in [6.07, 6.45) is 14.1. The fraction of sp³-hybridized carbons (Fsp3) is 0.316. The van der Waals surface area contributed by atoms with Crippen molar-refractivity contribution in [3.05, 3.63) is 253 Å². The quantitative estimate of drug-likeness (QED) is 0.0781. The first-order chi connectivity index (χ1) is 40.8. The van der Waals surface area contributed by atoms with Crippen molar-refractivity contribution in [2.75, 3.05) is 19.6 Å². The van der Waals surface area contributed by atoms with Gasteiger partial charge in [-0.15, -0.1) is 13.3 Å². The molecule has 0 unspecified atom stereocenters. The van der Waals surface area contributed by atoms with E-state index in [-0.39, 0.29) is 34.1 Å². The van der Waals surface area contributed by atoms with Crippen LogP contribution in [-0.2, 0) is 34.1 Å². The predicted molar refractivity (Wildman–Crippen MR) is 361 cm³/mol. The largest absolute Gasteiger partial charge is 2.00 e. The summed E-state index contributed by atoms with van der Waals surface area (Å²) in [6.45, 7) is 41.1. The Hall–Kier alpha value is -7.26. The average molecular weight is 1260 g/mol. The maximum absolute atomic E-state index is 4.41. The Morgan fingerprint density at radius 2 is 0.563 bits per heavy atom. The maximum atomic E-state index is 4.41. The van der Waals surface area contributed by atoms with Gasteiger partial charge in [-0.05, 0) is 170 Å². The molecule has 0 aliphatic carbocycles. The Bertz CT molecular complexity index is 3160. The van der Waals surface area contributed by atoms with Gasteiger partial charge in [-0.25, -0.2) is 0 Å².